The number of aliphatic hydroxyl groups is 1. The molecule has 2 saturated carbocycles. The van der Waals surface area contributed by atoms with Crippen LogP contribution in [0.1, 0.15) is 43.2 Å². The molecule has 0 radical (unpaired) electrons. The van der Waals surface area contributed by atoms with Crippen molar-refractivity contribution >= 4 is 11.5 Å². The summed E-state index contributed by atoms with van der Waals surface area (Å²) in [6.07, 6.45) is 4.38. The first-order valence-corrected chi connectivity index (χ1v) is 9.78. The molecular formula is C21H22N2O3. The molecule has 0 amide bonds. The summed E-state index contributed by atoms with van der Waals surface area (Å²) in [6.45, 7) is 9.45. The van der Waals surface area contributed by atoms with Crippen molar-refractivity contribution in [3.05, 3.63) is 34.7 Å². The fourth-order valence-electron chi connectivity index (χ4n) is 6.35. The lowest BCUT2D eigenvalue weighted by atomic mass is 9.49. The van der Waals surface area contributed by atoms with Gasteiger partial charge in [0.25, 0.3) is 0 Å². The quantitative estimate of drug-likeness (QED) is 0.832. The molecule has 3 fully saturated rings. The highest BCUT2D eigenvalue weighted by Gasteiger charge is 2.72. The molecule has 0 unspecified atom stereocenters. The van der Waals surface area contributed by atoms with E-state index in [2.05, 4.69) is 9.74 Å². The Bertz CT molecular complexity index is 886. The number of hydrogen-bond donors (Lipinski definition) is 1. The van der Waals surface area contributed by atoms with Gasteiger partial charge in [0, 0.05) is 19.0 Å². The molecule has 2 bridgehead atoms. The summed E-state index contributed by atoms with van der Waals surface area (Å²) in [5.74, 6) is 1.43. The fraction of sp³-hybridized carbons (Fsp3) is 0.619. The molecule has 1 aromatic carbocycles. The number of Topliss-reactive ketones (excluding diaryl/α,β-unsaturated/α-hetero) is 1. The van der Waals surface area contributed by atoms with Crippen LogP contribution in [-0.2, 0) is 16.6 Å². The minimum Gasteiger partial charge on any atom is -0.492 e. The number of rotatable bonds is 2. The van der Waals surface area contributed by atoms with Gasteiger partial charge in [-0.15, -0.1) is 0 Å². The van der Waals surface area contributed by atoms with Gasteiger partial charge in [0.15, 0.2) is 11.9 Å². The molecule has 26 heavy (non-hydrogen) atoms. The second kappa shape index (κ2) is 4.68. The maximum atomic E-state index is 12.8. The van der Waals surface area contributed by atoms with Crippen LogP contribution in [0.2, 0.25) is 0 Å². The van der Waals surface area contributed by atoms with E-state index in [9.17, 15) is 9.90 Å². The predicted octanol–water partition coefficient (Wildman–Crippen LogP) is 2.37. The Labute approximate surface area is 152 Å². The number of carbonyl (C=O) groups excluding carboxylic acids is 1. The Morgan fingerprint density at radius 3 is 2.96 bits per heavy atom. The Morgan fingerprint density at radius 2 is 2.19 bits per heavy atom. The first kappa shape index (κ1) is 15.2. The Balaban J connectivity index is 1.59. The second-order valence-electron chi connectivity index (χ2n) is 8.83. The van der Waals surface area contributed by atoms with Crippen molar-refractivity contribution in [3.63, 3.8) is 0 Å². The van der Waals surface area contributed by atoms with Gasteiger partial charge in [0.05, 0.1) is 17.6 Å². The van der Waals surface area contributed by atoms with Gasteiger partial charge in [-0.3, -0.25) is 9.69 Å². The third-order valence-electron chi connectivity index (χ3n) is 7.68. The molecule has 6 rings (SSSR count). The van der Waals surface area contributed by atoms with E-state index in [4.69, 9.17) is 11.3 Å². The molecular weight excluding hydrogens is 328 g/mol. The monoisotopic (exact) mass is 350 g/mol. The average molecular weight is 350 g/mol. The van der Waals surface area contributed by atoms with Crippen LogP contribution in [0.5, 0.6) is 5.75 Å². The van der Waals surface area contributed by atoms with Crippen LogP contribution in [0, 0.1) is 12.5 Å². The molecule has 2 heterocycles. The minimum atomic E-state index is -0.933. The molecule has 2 aliphatic heterocycles. The van der Waals surface area contributed by atoms with Crippen molar-refractivity contribution in [3.8, 4) is 5.75 Å². The maximum absolute atomic E-state index is 12.8. The Hall–Kier alpha value is -1.90. The van der Waals surface area contributed by atoms with Gasteiger partial charge >= 0.3 is 0 Å². The van der Waals surface area contributed by atoms with Crippen molar-refractivity contribution in [2.24, 2.45) is 5.92 Å². The third-order valence-corrected chi connectivity index (χ3v) is 7.68. The Morgan fingerprint density at radius 1 is 1.35 bits per heavy atom. The highest BCUT2D eigenvalue weighted by atomic mass is 16.5. The molecule has 5 aliphatic rings. The van der Waals surface area contributed by atoms with E-state index in [1.807, 2.05) is 12.1 Å². The SMILES string of the molecule is [C-]#[N+]c1ccc2c3c1O[C@H]1C(=O)CC[C@@]4(O)[C@@H](C2)N(CC2CC2)CC[C@]314. The molecule has 5 nitrogen and oxygen atoms in total. The third kappa shape index (κ3) is 1.57. The molecule has 0 aromatic heterocycles. The molecule has 4 atom stereocenters. The van der Waals surface area contributed by atoms with Crippen LogP contribution in [-0.4, -0.2) is 46.6 Å². The van der Waals surface area contributed by atoms with Crippen molar-refractivity contribution in [1.29, 1.82) is 0 Å². The van der Waals surface area contributed by atoms with E-state index in [1.54, 1.807) is 0 Å². The standard InChI is InChI=1S/C21H22N2O3/c1-22-14-5-4-13-10-16-21(25)7-6-15(24)19-20(21,17(13)18(14)26-19)8-9-23(16)11-12-2-3-12/h4-5,12,16,19,25H,2-3,6-11H2/t16-,19+,20+,21-/m1/s1. The van der Waals surface area contributed by atoms with Crippen LogP contribution >= 0.6 is 0 Å². The second-order valence-corrected chi connectivity index (χ2v) is 8.83. The van der Waals surface area contributed by atoms with Crippen LogP contribution in [0.3, 0.4) is 0 Å². The van der Waals surface area contributed by atoms with Crippen LogP contribution < -0.4 is 4.74 Å². The number of hydrogen-bond acceptors (Lipinski definition) is 4. The zero-order chi connectivity index (χ0) is 17.7. The average Bonchev–Trinajstić information content (AvgIpc) is 3.37. The summed E-state index contributed by atoms with van der Waals surface area (Å²) >= 11 is 0. The van der Waals surface area contributed by atoms with Crippen molar-refractivity contribution in [1.82, 2.24) is 4.90 Å². The van der Waals surface area contributed by atoms with E-state index < -0.39 is 17.1 Å². The molecule has 3 aliphatic carbocycles. The number of likely N-dealkylation sites (tertiary alicyclic amines) is 1. The Kier molecular flexibility index (Phi) is 2.73. The number of nitrogens with zero attached hydrogens (tertiary/aromatic N) is 2. The van der Waals surface area contributed by atoms with Gasteiger partial charge in [0.1, 0.15) is 5.75 Å². The molecule has 1 saturated heterocycles. The minimum absolute atomic E-state index is 0.0493. The molecule has 134 valence electrons. The largest absolute Gasteiger partial charge is 0.492 e. The van der Waals surface area contributed by atoms with Gasteiger partial charge in [-0.1, -0.05) is 12.1 Å². The summed E-state index contributed by atoms with van der Waals surface area (Å²) in [4.78, 5) is 18.9. The first-order chi connectivity index (χ1) is 12.6. The molecule has 1 N–H and O–H groups in total. The van der Waals surface area contributed by atoms with Crippen molar-refractivity contribution < 1.29 is 14.6 Å². The highest BCUT2D eigenvalue weighted by molar-refractivity contribution is 5.90. The normalized spacial score (nSPS) is 39.9. The maximum Gasteiger partial charge on any atom is 0.228 e. The summed E-state index contributed by atoms with van der Waals surface area (Å²) in [7, 11) is 0. The van der Waals surface area contributed by atoms with Gasteiger partial charge < -0.3 is 9.84 Å². The van der Waals surface area contributed by atoms with Gasteiger partial charge in [-0.2, -0.15) is 0 Å². The number of piperidine rings is 1. The highest BCUT2D eigenvalue weighted by Crippen LogP contribution is 2.65. The van der Waals surface area contributed by atoms with E-state index >= 15 is 0 Å². The lowest BCUT2D eigenvalue weighted by Crippen LogP contribution is -2.76. The number of carbonyl (C=O) groups is 1. The van der Waals surface area contributed by atoms with Gasteiger partial charge in [-0.05, 0) is 55.7 Å². The van der Waals surface area contributed by atoms with E-state index in [0.717, 1.165) is 37.4 Å². The lowest BCUT2D eigenvalue weighted by molar-refractivity contribution is -0.188. The van der Waals surface area contributed by atoms with Crippen molar-refractivity contribution in [2.45, 2.75) is 61.7 Å². The summed E-state index contributed by atoms with van der Waals surface area (Å²) in [6, 6.07) is 3.91. The molecule has 1 spiro atoms. The van der Waals surface area contributed by atoms with E-state index in [0.29, 0.717) is 24.3 Å². The zero-order valence-electron chi connectivity index (χ0n) is 14.7. The predicted molar refractivity (Wildman–Crippen MR) is 94.4 cm³/mol. The first-order valence-electron chi connectivity index (χ1n) is 9.78. The van der Waals surface area contributed by atoms with Crippen molar-refractivity contribution in [2.75, 3.05) is 13.1 Å². The number of ketones is 1. The van der Waals surface area contributed by atoms with Crippen LogP contribution in [0.4, 0.5) is 5.69 Å². The summed E-state index contributed by atoms with van der Waals surface area (Å²) in [5.41, 5.74) is 1.03. The topological polar surface area (TPSA) is 54.1 Å². The molecule has 5 heteroatoms. The zero-order valence-corrected chi connectivity index (χ0v) is 14.7. The fourth-order valence-corrected chi connectivity index (χ4v) is 6.35. The van der Waals surface area contributed by atoms with E-state index in [-0.39, 0.29) is 11.8 Å². The van der Waals surface area contributed by atoms with Gasteiger partial charge in [-0.25, -0.2) is 4.85 Å². The van der Waals surface area contributed by atoms with Crippen LogP contribution in [0.25, 0.3) is 4.85 Å². The van der Waals surface area contributed by atoms with Gasteiger partial charge in [0.2, 0.25) is 5.69 Å². The lowest BCUT2D eigenvalue weighted by Gasteiger charge is -2.62. The number of ether oxygens (including phenoxy) is 1. The number of benzene rings is 1. The van der Waals surface area contributed by atoms with E-state index in [1.165, 1.54) is 18.4 Å². The van der Waals surface area contributed by atoms with Crippen LogP contribution in [0.15, 0.2) is 12.1 Å². The smallest absolute Gasteiger partial charge is 0.228 e. The summed E-state index contributed by atoms with van der Waals surface area (Å²) in [5, 5.41) is 12.0. The summed E-state index contributed by atoms with van der Waals surface area (Å²) < 4.78 is 6.16. The molecule has 1 aromatic rings.